The van der Waals surface area contributed by atoms with Gasteiger partial charge >= 0.3 is 0 Å². The molecule has 160 valence electrons. The largest absolute Gasteiger partial charge is 0.493 e. The number of nitrogens with one attached hydrogen (secondary N) is 2. The third kappa shape index (κ3) is 7.77. The second-order valence-electron chi connectivity index (χ2n) is 7.23. The second kappa shape index (κ2) is 12.1. The lowest BCUT2D eigenvalue weighted by atomic mass is 10.1. The fourth-order valence-corrected chi connectivity index (χ4v) is 2.67. The van der Waals surface area contributed by atoms with Gasteiger partial charge in [-0.15, -0.1) is 0 Å². The van der Waals surface area contributed by atoms with Crippen molar-refractivity contribution >= 4 is 5.96 Å². The number of aromatic nitrogens is 1. The predicted molar refractivity (Wildman–Crippen MR) is 115 cm³/mol. The van der Waals surface area contributed by atoms with Gasteiger partial charge in [0, 0.05) is 38.3 Å². The van der Waals surface area contributed by atoms with E-state index in [9.17, 15) is 0 Å². The molecule has 2 rings (SSSR count). The quantitative estimate of drug-likeness (QED) is 0.338. The highest BCUT2D eigenvalue weighted by atomic mass is 16.5. The molecule has 0 saturated carbocycles. The van der Waals surface area contributed by atoms with Crippen LogP contribution < -0.4 is 15.4 Å². The SMILES string of the molecule is CCNC(=NCc1ccc(C)cc1OCCCOC)NCc1cc(C(C)C)no1. The molecule has 29 heavy (non-hydrogen) atoms. The van der Waals surface area contributed by atoms with Gasteiger partial charge in [-0.1, -0.05) is 31.1 Å². The van der Waals surface area contributed by atoms with Crippen molar-refractivity contribution in [2.45, 2.75) is 53.1 Å². The van der Waals surface area contributed by atoms with Gasteiger partial charge in [0.25, 0.3) is 0 Å². The molecule has 0 unspecified atom stereocenters. The van der Waals surface area contributed by atoms with Crippen molar-refractivity contribution < 1.29 is 14.0 Å². The van der Waals surface area contributed by atoms with E-state index in [1.54, 1.807) is 7.11 Å². The first kappa shape index (κ1) is 22.7. The second-order valence-corrected chi connectivity index (χ2v) is 7.23. The van der Waals surface area contributed by atoms with E-state index in [4.69, 9.17) is 19.0 Å². The molecule has 1 aromatic heterocycles. The van der Waals surface area contributed by atoms with E-state index in [1.165, 1.54) is 0 Å². The van der Waals surface area contributed by atoms with E-state index >= 15 is 0 Å². The summed E-state index contributed by atoms with van der Waals surface area (Å²) in [5.74, 6) is 2.73. The molecule has 0 atom stereocenters. The Morgan fingerprint density at radius 3 is 2.72 bits per heavy atom. The third-order valence-corrected chi connectivity index (χ3v) is 4.32. The van der Waals surface area contributed by atoms with E-state index in [1.807, 2.05) is 13.0 Å². The number of nitrogens with zero attached hydrogens (tertiary/aromatic N) is 2. The Bertz CT molecular complexity index is 771. The van der Waals surface area contributed by atoms with Crippen LogP contribution in [-0.4, -0.2) is 38.0 Å². The summed E-state index contributed by atoms with van der Waals surface area (Å²) in [5.41, 5.74) is 3.17. The van der Waals surface area contributed by atoms with Gasteiger partial charge in [0.05, 0.1) is 25.4 Å². The van der Waals surface area contributed by atoms with Gasteiger partial charge < -0.3 is 24.6 Å². The molecule has 1 heterocycles. The molecule has 0 saturated heterocycles. The number of ether oxygens (including phenoxy) is 2. The highest BCUT2D eigenvalue weighted by Crippen LogP contribution is 2.21. The molecule has 0 fully saturated rings. The molecule has 0 aliphatic rings. The number of hydrogen-bond donors (Lipinski definition) is 2. The summed E-state index contributed by atoms with van der Waals surface area (Å²) < 4.78 is 16.4. The van der Waals surface area contributed by atoms with Crippen molar-refractivity contribution in [3.05, 3.63) is 46.8 Å². The standard InChI is InChI=1S/C22H34N4O3/c1-6-23-22(25-15-19-13-20(16(2)3)26-29-19)24-14-18-9-8-17(4)12-21(18)28-11-7-10-27-5/h8-9,12-13,16H,6-7,10-11,14-15H2,1-5H3,(H2,23,24,25). The van der Waals surface area contributed by atoms with Crippen LogP contribution in [0.2, 0.25) is 0 Å². The summed E-state index contributed by atoms with van der Waals surface area (Å²) in [6.07, 6.45) is 0.854. The average molecular weight is 403 g/mol. The number of rotatable bonds is 11. The molecule has 7 heteroatoms. The van der Waals surface area contributed by atoms with E-state index in [0.29, 0.717) is 32.2 Å². The number of guanidine groups is 1. The van der Waals surface area contributed by atoms with Gasteiger partial charge in [-0.2, -0.15) is 0 Å². The van der Waals surface area contributed by atoms with Gasteiger partial charge in [-0.05, 0) is 31.4 Å². The van der Waals surface area contributed by atoms with Crippen LogP contribution in [0.25, 0.3) is 0 Å². The molecular weight excluding hydrogens is 368 g/mol. The fraction of sp³-hybridized carbons (Fsp3) is 0.545. The molecule has 2 N–H and O–H groups in total. The lowest BCUT2D eigenvalue weighted by molar-refractivity contribution is 0.172. The Hall–Kier alpha value is -2.54. The molecule has 0 aliphatic heterocycles. The lowest BCUT2D eigenvalue weighted by Crippen LogP contribution is -2.36. The Morgan fingerprint density at radius 1 is 1.21 bits per heavy atom. The first-order valence-electron chi connectivity index (χ1n) is 10.2. The number of hydrogen-bond acceptors (Lipinski definition) is 5. The van der Waals surface area contributed by atoms with E-state index < -0.39 is 0 Å². The number of benzene rings is 1. The van der Waals surface area contributed by atoms with Crippen LogP contribution in [0.1, 0.15) is 55.7 Å². The minimum absolute atomic E-state index is 0.346. The topological polar surface area (TPSA) is 80.9 Å². The first-order chi connectivity index (χ1) is 14.0. The molecule has 7 nitrogen and oxygen atoms in total. The van der Waals surface area contributed by atoms with Gasteiger partial charge in [-0.25, -0.2) is 4.99 Å². The highest BCUT2D eigenvalue weighted by Gasteiger charge is 2.09. The smallest absolute Gasteiger partial charge is 0.191 e. The summed E-state index contributed by atoms with van der Waals surface area (Å²) in [7, 11) is 1.70. The molecule has 1 aromatic carbocycles. The van der Waals surface area contributed by atoms with Crippen molar-refractivity contribution in [1.29, 1.82) is 0 Å². The summed E-state index contributed by atoms with van der Waals surface area (Å²) in [6.45, 7) is 11.4. The third-order valence-electron chi connectivity index (χ3n) is 4.32. The van der Waals surface area contributed by atoms with Crippen LogP contribution in [0.5, 0.6) is 5.75 Å². The van der Waals surface area contributed by atoms with E-state index in [-0.39, 0.29) is 0 Å². The molecule has 0 amide bonds. The van der Waals surface area contributed by atoms with Crippen molar-refractivity contribution in [3.63, 3.8) is 0 Å². The van der Waals surface area contributed by atoms with Crippen molar-refractivity contribution in [3.8, 4) is 5.75 Å². The normalized spacial score (nSPS) is 11.7. The highest BCUT2D eigenvalue weighted by molar-refractivity contribution is 5.79. The minimum Gasteiger partial charge on any atom is -0.493 e. The number of methoxy groups -OCH3 is 1. The zero-order valence-electron chi connectivity index (χ0n) is 18.2. The molecule has 0 radical (unpaired) electrons. The van der Waals surface area contributed by atoms with Crippen LogP contribution in [0.3, 0.4) is 0 Å². The van der Waals surface area contributed by atoms with E-state index in [0.717, 1.165) is 47.3 Å². The predicted octanol–water partition coefficient (Wildman–Crippen LogP) is 3.78. The fourth-order valence-electron chi connectivity index (χ4n) is 2.67. The van der Waals surface area contributed by atoms with Gasteiger partial charge in [0.1, 0.15) is 5.75 Å². The maximum atomic E-state index is 5.95. The Kier molecular flexibility index (Phi) is 9.50. The Morgan fingerprint density at radius 2 is 2.03 bits per heavy atom. The maximum Gasteiger partial charge on any atom is 0.191 e. The van der Waals surface area contributed by atoms with Crippen molar-refractivity contribution in [2.24, 2.45) is 4.99 Å². The van der Waals surface area contributed by atoms with Crippen LogP contribution >= 0.6 is 0 Å². The summed E-state index contributed by atoms with van der Waals surface area (Å²) in [6, 6.07) is 8.18. The summed E-state index contributed by atoms with van der Waals surface area (Å²) >= 11 is 0. The summed E-state index contributed by atoms with van der Waals surface area (Å²) in [4.78, 5) is 4.70. The zero-order valence-corrected chi connectivity index (χ0v) is 18.2. The van der Waals surface area contributed by atoms with Crippen molar-refractivity contribution in [2.75, 3.05) is 26.9 Å². The number of aliphatic imine (C=N–C) groups is 1. The van der Waals surface area contributed by atoms with Gasteiger partial charge in [0.2, 0.25) is 0 Å². The molecule has 0 bridgehead atoms. The summed E-state index contributed by atoms with van der Waals surface area (Å²) in [5, 5.41) is 10.7. The molecule has 0 spiro atoms. The number of aryl methyl sites for hydroxylation is 1. The molecule has 2 aromatic rings. The molecular formula is C22H34N4O3. The van der Waals surface area contributed by atoms with Crippen LogP contribution in [-0.2, 0) is 17.8 Å². The monoisotopic (exact) mass is 402 g/mol. The van der Waals surface area contributed by atoms with E-state index in [2.05, 4.69) is 54.8 Å². The Labute approximate surface area is 173 Å². The first-order valence-corrected chi connectivity index (χ1v) is 10.2. The lowest BCUT2D eigenvalue weighted by Gasteiger charge is -2.13. The Balaban J connectivity index is 2.00. The van der Waals surface area contributed by atoms with Crippen molar-refractivity contribution in [1.82, 2.24) is 15.8 Å². The van der Waals surface area contributed by atoms with Gasteiger partial charge in [0.15, 0.2) is 11.7 Å². The van der Waals surface area contributed by atoms with Crippen LogP contribution in [0.4, 0.5) is 0 Å². The average Bonchev–Trinajstić information content (AvgIpc) is 3.18. The molecule has 0 aliphatic carbocycles. The van der Waals surface area contributed by atoms with Crippen LogP contribution in [0, 0.1) is 6.92 Å². The zero-order chi connectivity index (χ0) is 21.1. The van der Waals surface area contributed by atoms with Crippen LogP contribution in [0.15, 0.2) is 33.8 Å². The minimum atomic E-state index is 0.346. The maximum absolute atomic E-state index is 5.95. The van der Waals surface area contributed by atoms with Gasteiger partial charge in [-0.3, -0.25) is 0 Å².